The Morgan fingerprint density at radius 3 is 2.56 bits per heavy atom. The lowest BCUT2D eigenvalue weighted by atomic mass is 10.0. The molecule has 0 aliphatic carbocycles. The van der Waals surface area contributed by atoms with Crippen molar-refractivity contribution in [2.75, 3.05) is 17.3 Å². The number of nitrogens with zero attached hydrogens (tertiary/aromatic N) is 2. The van der Waals surface area contributed by atoms with Gasteiger partial charge in [0.25, 0.3) is 5.91 Å². The lowest BCUT2D eigenvalue weighted by molar-refractivity contribution is 0.0973. The summed E-state index contributed by atoms with van der Waals surface area (Å²) in [6, 6.07) is 20.7. The first-order valence-corrected chi connectivity index (χ1v) is 8.02. The summed E-state index contributed by atoms with van der Waals surface area (Å²) in [5.74, 6) is 0.549. The van der Waals surface area contributed by atoms with Crippen LogP contribution in [0.25, 0.3) is 0 Å². The van der Waals surface area contributed by atoms with Crippen LogP contribution in [0, 0.1) is 0 Å². The van der Waals surface area contributed by atoms with E-state index < -0.39 is 6.17 Å². The van der Waals surface area contributed by atoms with Crippen molar-refractivity contribution in [2.24, 2.45) is 0 Å². The van der Waals surface area contributed by atoms with Crippen molar-refractivity contribution < 1.29 is 9.53 Å². The van der Waals surface area contributed by atoms with Crippen molar-refractivity contribution in [3.05, 3.63) is 84.2 Å². The summed E-state index contributed by atoms with van der Waals surface area (Å²) in [5, 5.41) is 3.43. The molecule has 1 amide bonds. The molecule has 0 bridgehead atoms. The molecule has 5 heteroatoms. The maximum absolute atomic E-state index is 13.3. The van der Waals surface area contributed by atoms with Gasteiger partial charge in [-0.15, -0.1) is 0 Å². The largest absolute Gasteiger partial charge is 0.495 e. The molecule has 124 valence electrons. The van der Waals surface area contributed by atoms with E-state index in [4.69, 9.17) is 4.74 Å². The van der Waals surface area contributed by atoms with E-state index in [-0.39, 0.29) is 5.91 Å². The first kappa shape index (κ1) is 15.2. The first-order chi connectivity index (χ1) is 12.3. The number of para-hydroxylation sites is 3. The van der Waals surface area contributed by atoms with Gasteiger partial charge >= 0.3 is 0 Å². The maximum atomic E-state index is 13.3. The molecule has 1 aliphatic heterocycles. The van der Waals surface area contributed by atoms with Gasteiger partial charge in [-0.1, -0.05) is 30.3 Å². The summed E-state index contributed by atoms with van der Waals surface area (Å²) in [4.78, 5) is 19.4. The molecule has 4 rings (SSSR count). The molecule has 1 N–H and O–H groups in total. The zero-order valence-electron chi connectivity index (χ0n) is 13.7. The normalized spacial score (nSPS) is 16.1. The van der Waals surface area contributed by atoms with Crippen LogP contribution in [0.4, 0.5) is 11.4 Å². The van der Waals surface area contributed by atoms with Crippen molar-refractivity contribution >= 4 is 17.3 Å². The molecule has 0 saturated heterocycles. The quantitative estimate of drug-likeness (QED) is 0.792. The van der Waals surface area contributed by atoms with E-state index in [2.05, 4.69) is 10.3 Å². The lowest BCUT2D eigenvalue weighted by Crippen LogP contribution is -2.43. The zero-order chi connectivity index (χ0) is 17.2. The summed E-state index contributed by atoms with van der Waals surface area (Å²) in [7, 11) is 1.60. The number of rotatable bonds is 3. The molecule has 1 atom stereocenters. The molecule has 25 heavy (non-hydrogen) atoms. The van der Waals surface area contributed by atoms with Gasteiger partial charge in [-0.05, 0) is 36.4 Å². The van der Waals surface area contributed by atoms with E-state index in [1.54, 1.807) is 18.2 Å². The van der Waals surface area contributed by atoms with Crippen molar-refractivity contribution in [3.63, 3.8) is 0 Å². The monoisotopic (exact) mass is 331 g/mol. The van der Waals surface area contributed by atoms with Gasteiger partial charge in [0.05, 0.1) is 24.1 Å². The van der Waals surface area contributed by atoms with Crippen LogP contribution in [-0.2, 0) is 0 Å². The second kappa shape index (κ2) is 6.28. The molecule has 2 aromatic carbocycles. The topological polar surface area (TPSA) is 54.5 Å². The summed E-state index contributed by atoms with van der Waals surface area (Å²) in [5.41, 5.74) is 2.89. The fourth-order valence-corrected chi connectivity index (χ4v) is 3.08. The van der Waals surface area contributed by atoms with E-state index in [1.165, 1.54) is 0 Å². The van der Waals surface area contributed by atoms with Crippen LogP contribution in [-0.4, -0.2) is 18.0 Å². The van der Waals surface area contributed by atoms with Crippen LogP contribution in [0.3, 0.4) is 0 Å². The van der Waals surface area contributed by atoms with Crippen LogP contribution < -0.4 is 15.0 Å². The number of anilines is 2. The summed E-state index contributed by atoms with van der Waals surface area (Å²) in [6.07, 6.45) is 1.31. The Labute approximate surface area is 145 Å². The molecule has 2 heterocycles. The lowest BCUT2D eigenvalue weighted by Gasteiger charge is -2.38. The van der Waals surface area contributed by atoms with Gasteiger partial charge in [0.2, 0.25) is 0 Å². The van der Waals surface area contributed by atoms with Crippen molar-refractivity contribution in [1.82, 2.24) is 4.98 Å². The van der Waals surface area contributed by atoms with Crippen LogP contribution in [0.15, 0.2) is 72.9 Å². The molecule has 1 aliphatic rings. The molecule has 0 spiro atoms. The first-order valence-electron chi connectivity index (χ1n) is 8.02. The molecule has 1 aromatic heterocycles. The smallest absolute Gasteiger partial charge is 0.262 e. The average Bonchev–Trinajstić information content (AvgIpc) is 2.68. The molecule has 0 saturated carbocycles. The highest BCUT2D eigenvalue weighted by Gasteiger charge is 2.35. The number of aromatic nitrogens is 1. The molecular weight excluding hydrogens is 314 g/mol. The number of fused-ring (bicyclic) bond motifs is 1. The minimum absolute atomic E-state index is 0.0884. The Morgan fingerprint density at radius 1 is 1.00 bits per heavy atom. The van der Waals surface area contributed by atoms with Crippen LogP contribution in [0.2, 0.25) is 0 Å². The Hall–Kier alpha value is -3.34. The number of hydrogen-bond acceptors (Lipinski definition) is 4. The van der Waals surface area contributed by atoms with E-state index in [0.717, 1.165) is 11.4 Å². The minimum Gasteiger partial charge on any atom is -0.495 e. The zero-order valence-corrected chi connectivity index (χ0v) is 13.7. The number of hydrogen-bond donors (Lipinski definition) is 1. The number of carbonyl (C=O) groups is 1. The number of nitrogens with one attached hydrogen (secondary N) is 1. The number of methoxy groups -OCH3 is 1. The third-order valence-electron chi connectivity index (χ3n) is 4.24. The van der Waals surface area contributed by atoms with Crippen molar-refractivity contribution in [3.8, 4) is 5.75 Å². The molecule has 5 nitrogen and oxygen atoms in total. The summed E-state index contributed by atoms with van der Waals surface area (Å²) >= 11 is 0. The van der Waals surface area contributed by atoms with E-state index in [9.17, 15) is 4.79 Å². The Bertz CT molecular complexity index is 912. The number of pyridine rings is 1. The number of carbonyl (C=O) groups excluding carboxylic acids is 1. The number of amides is 1. The minimum atomic E-state index is -0.417. The highest BCUT2D eigenvalue weighted by atomic mass is 16.5. The molecule has 1 unspecified atom stereocenters. The second-order valence-electron chi connectivity index (χ2n) is 5.69. The van der Waals surface area contributed by atoms with Crippen molar-refractivity contribution in [2.45, 2.75) is 6.17 Å². The molecule has 3 aromatic rings. The fourth-order valence-electron chi connectivity index (χ4n) is 3.08. The van der Waals surface area contributed by atoms with E-state index in [1.807, 2.05) is 66.7 Å². The van der Waals surface area contributed by atoms with E-state index >= 15 is 0 Å². The van der Waals surface area contributed by atoms with Crippen molar-refractivity contribution in [1.29, 1.82) is 0 Å². The summed E-state index contributed by atoms with van der Waals surface area (Å²) in [6.45, 7) is 0. The Balaban J connectivity index is 1.90. The third-order valence-corrected chi connectivity index (χ3v) is 4.24. The molecular formula is C20H17N3O2. The number of benzene rings is 2. The summed E-state index contributed by atoms with van der Waals surface area (Å²) < 4.78 is 5.48. The third kappa shape index (κ3) is 2.59. The van der Waals surface area contributed by atoms with Gasteiger partial charge in [-0.3, -0.25) is 14.7 Å². The average molecular weight is 331 g/mol. The van der Waals surface area contributed by atoms with Crippen LogP contribution >= 0.6 is 0 Å². The van der Waals surface area contributed by atoms with Gasteiger partial charge in [0.1, 0.15) is 5.75 Å². The standard InChI is InChI=1S/C20H17N3O2/c1-25-18-12-5-4-11-17(18)23-19(16-10-6-7-13-21-16)22-15-9-3-2-8-14(15)20(23)24/h2-13,19,22H,1H3. The molecule has 0 fully saturated rings. The van der Waals surface area contributed by atoms with Gasteiger partial charge in [-0.2, -0.15) is 0 Å². The Morgan fingerprint density at radius 2 is 1.76 bits per heavy atom. The fraction of sp³-hybridized carbons (Fsp3) is 0.100. The number of ether oxygens (including phenoxy) is 1. The highest BCUT2D eigenvalue weighted by Crippen LogP contribution is 2.39. The molecule has 0 radical (unpaired) electrons. The second-order valence-corrected chi connectivity index (χ2v) is 5.69. The predicted octanol–water partition coefficient (Wildman–Crippen LogP) is 3.86. The van der Waals surface area contributed by atoms with Crippen LogP contribution in [0.1, 0.15) is 22.2 Å². The van der Waals surface area contributed by atoms with Gasteiger partial charge < -0.3 is 10.1 Å². The van der Waals surface area contributed by atoms with Gasteiger partial charge in [0.15, 0.2) is 6.17 Å². The predicted molar refractivity (Wildman–Crippen MR) is 96.8 cm³/mol. The maximum Gasteiger partial charge on any atom is 0.262 e. The SMILES string of the molecule is COc1ccccc1N1C(=O)c2ccccc2NC1c1ccccn1. The highest BCUT2D eigenvalue weighted by molar-refractivity contribution is 6.12. The Kier molecular flexibility index (Phi) is 3.82. The van der Waals surface area contributed by atoms with Gasteiger partial charge in [0, 0.05) is 11.9 Å². The van der Waals surface area contributed by atoms with E-state index in [0.29, 0.717) is 17.0 Å². The van der Waals surface area contributed by atoms with Crippen LogP contribution in [0.5, 0.6) is 5.75 Å². The van der Waals surface area contributed by atoms with Gasteiger partial charge in [-0.25, -0.2) is 0 Å².